The van der Waals surface area contributed by atoms with Crippen molar-refractivity contribution in [2.75, 3.05) is 6.61 Å². The lowest BCUT2D eigenvalue weighted by molar-refractivity contribution is 0.162. The third kappa shape index (κ3) is 4.04. The lowest BCUT2D eigenvalue weighted by atomic mass is 10.1. The Hall–Kier alpha value is -1.88. The van der Waals surface area contributed by atoms with Gasteiger partial charge in [-0.3, -0.25) is 0 Å². The molecule has 5 heteroatoms. The SMILES string of the molecule is CCOC(=O)N=c1scc(C(C)C)n1Cc1ccccc1. The number of carbonyl (C=O) groups is 1. The van der Waals surface area contributed by atoms with E-state index in [4.69, 9.17) is 4.74 Å². The van der Waals surface area contributed by atoms with E-state index in [1.165, 1.54) is 22.6 Å². The summed E-state index contributed by atoms with van der Waals surface area (Å²) in [5.74, 6) is 0.371. The Morgan fingerprint density at radius 1 is 1.33 bits per heavy atom. The monoisotopic (exact) mass is 304 g/mol. The number of benzene rings is 1. The van der Waals surface area contributed by atoms with Crippen LogP contribution in [0.2, 0.25) is 0 Å². The number of aromatic nitrogens is 1. The predicted molar refractivity (Wildman–Crippen MR) is 84.5 cm³/mol. The number of nitrogens with zero attached hydrogens (tertiary/aromatic N) is 2. The van der Waals surface area contributed by atoms with Crippen LogP contribution in [0.1, 0.15) is 37.9 Å². The van der Waals surface area contributed by atoms with Gasteiger partial charge in [-0.2, -0.15) is 0 Å². The molecule has 0 bridgehead atoms. The molecule has 1 aromatic carbocycles. The zero-order chi connectivity index (χ0) is 15.2. The minimum absolute atomic E-state index is 0.337. The quantitative estimate of drug-likeness (QED) is 0.863. The van der Waals surface area contributed by atoms with Crippen LogP contribution in [0.5, 0.6) is 0 Å². The highest BCUT2D eigenvalue weighted by atomic mass is 32.1. The van der Waals surface area contributed by atoms with Gasteiger partial charge in [0.2, 0.25) is 0 Å². The van der Waals surface area contributed by atoms with E-state index >= 15 is 0 Å². The van der Waals surface area contributed by atoms with Crippen molar-refractivity contribution in [3.63, 3.8) is 0 Å². The van der Waals surface area contributed by atoms with Gasteiger partial charge in [-0.1, -0.05) is 44.2 Å². The Bertz CT molecular complexity index is 656. The summed E-state index contributed by atoms with van der Waals surface area (Å²) >= 11 is 1.47. The number of thiazole rings is 1. The first-order valence-electron chi connectivity index (χ1n) is 7.05. The van der Waals surface area contributed by atoms with E-state index in [1.54, 1.807) is 6.92 Å². The molecule has 1 aromatic heterocycles. The van der Waals surface area contributed by atoms with Crippen LogP contribution in [0, 0.1) is 0 Å². The lowest BCUT2D eigenvalue weighted by Crippen LogP contribution is -2.20. The zero-order valence-corrected chi connectivity index (χ0v) is 13.4. The summed E-state index contributed by atoms with van der Waals surface area (Å²) in [7, 11) is 0. The molecule has 21 heavy (non-hydrogen) atoms. The van der Waals surface area contributed by atoms with Crippen LogP contribution >= 0.6 is 11.3 Å². The van der Waals surface area contributed by atoms with Gasteiger partial charge in [-0.05, 0) is 18.4 Å². The molecule has 1 heterocycles. The molecule has 0 atom stereocenters. The van der Waals surface area contributed by atoms with E-state index in [-0.39, 0.29) is 0 Å². The first-order valence-corrected chi connectivity index (χ1v) is 7.93. The standard InChI is InChI=1S/C16H20N2O2S/c1-4-20-16(19)17-15-18(14(11-21-15)12(2)3)10-13-8-6-5-7-9-13/h5-9,11-12H,4,10H2,1-3H3. The molecule has 0 saturated carbocycles. The normalized spacial score (nSPS) is 11.9. The average Bonchev–Trinajstić information content (AvgIpc) is 2.83. The number of hydrogen-bond acceptors (Lipinski definition) is 3. The third-order valence-corrected chi connectivity index (χ3v) is 3.94. The summed E-state index contributed by atoms with van der Waals surface area (Å²) in [6.45, 7) is 7.09. The molecular weight excluding hydrogens is 284 g/mol. The molecule has 0 aliphatic heterocycles. The van der Waals surface area contributed by atoms with Crippen molar-refractivity contribution in [3.05, 3.63) is 51.8 Å². The number of hydrogen-bond donors (Lipinski definition) is 0. The zero-order valence-electron chi connectivity index (χ0n) is 12.6. The van der Waals surface area contributed by atoms with Crippen LogP contribution in [0.3, 0.4) is 0 Å². The van der Waals surface area contributed by atoms with Crippen LogP contribution in [0.15, 0.2) is 40.7 Å². The van der Waals surface area contributed by atoms with Crippen molar-refractivity contribution >= 4 is 17.4 Å². The van der Waals surface area contributed by atoms with Crippen molar-refractivity contribution in [2.24, 2.45) is 4.99 Å². The van der Waals surface area contributed by atoms with Crippen molar-refractivity contribution in [1.82, 2.24) is 4.57 Å². The molecular formula is C16H20N2O2S. The van der Waals surface area contributed by atoms with Crippen molar-refractivity contribution in [1.29, 1.82) is 0 Å². The second-order valence-corrected chi connectivity index (χ2v) is 5.82. The van der Waals surface area contributed by atoms with Crippen molar-refractivity contribution in [2.45, 2.75) is 33.2 Å². The molecule has 112 valence electrons. The van der Waals surface area contributed by atoms with Crippen LogP contribution in [0.4, 0.5) is 4.79 Å². The topological polar surface area (TPSA) is 43.6 Å². The molecule has 2 aromatic rings. The summed E-state index contributed by atoms with van der Waals surface area (Å²) in [5, 5.41) is 2.06. The number of amides is 1. The average molecular weight is 304 g/mol. The molecule has 2 rings (SSSR count). The van der Waals surface area contributed by atoms with Crippen LogP contribution in [-0.4, -0.2) is 17.3 Å². The van der Waals surface area contributed by atoms with Gasteiger partial charge in [-0.15, -0.1) is 16.3 Å². The summed E-state index contributed by atoms with van der Waals surface area (Å²) in [4.78, 5) is 16.4. The molecule has 0 aliphatic carbocycles. The molecule has 0 fully saturated rings. The molecule has 0 unspecified atom stereocenters. The summed E-state index contributed by atoms with van der Waals surface area (Å²) in [5.41, 5.74) is 2.36. The molecule has 4 nitrogen and oxygen atoms in total. The largest absolute Gasteiger partial charge is 0.448 e. The maximum Gasteiger partial charge on any atom is 0.436 e. The summed E-state index contributed by atoms with van der Waals surface area (Å²) in [6.07, 6.45) is -0.531. The third-order valence-electron chi connectivity index (χ3n) is 3.06. The van der Waals surface area contributed by atoms with Gasteiger partial charge >= 0.3 is 6.09 Å². The minimum Gasteiger partial charge on any atom is -0.448 e. The second-order valence-electron chi connectivity index (χ2n) is 4.98. The minimum atomic E-state index is -0.531. The lowest BCUT2D eigenvalue weighted by Gasteiger charge is -2.11. The van der Waals surface area contributed by atoms with Crippen LogP contribution in [-0.2, 0) is 11.3 Å². The fourth-order valence-electron chi connectivity index (χ4n) is 2.04. The summed E-state index contributed by atoms with van der Waals surface area (Å²) < 4.78 is 6.99. The van der Waals surface area contributed by atoms with E-state index in [9.17, 15) is 4.79 Å². The maximum absolute atomic E-state index is 11.6. The molecule has 0 aliphatic rings. The fourth-order valence-corrected chi connectivity index (χ4v) is 3.09. The number of carbonyl (C=O) groups excluding carboxylic acids is 1. The highest BCUT2D eigenvalue weighted by Crippen LogP contribution is 2.16. The van der Waals surface area contributed by atoms with E-state index in [2.05, 4.69) is 40.9 Å². The Morgan fingerprint density at radius 3 is 2.67 bits per heavy atom. The Balaban J connectivity index is 2.41. The fraction of sp³-hybridized carbons (Fsp3) is 0.375. The van der Waals surface area contributed by atoms with Gasteiger partial charge in [-0.25, -0.2) is 4.79 Å². The van der Waals surface area contributed by atoms with Crippen molar-refractivity contribution in [3.8, 4) is 0 Å². The van der Waals surface area contributed by atoms with Gasteiger partial charge in [0.25, 0.3) is 0 Å². The highest BCUT2D eigenvalue weighted by molar-refractivity contribution is 7.07. The Kier molecular flexibility index (Phi) is 5.33. The van der Waals surface area contributed by atoms with E-state index in [1.807, 2.05) is 18.2 Å². The van der Waals surface area contributed by atoms with Crippen molar-refractivity contribution < 1.29 is 9.53 Å². The molecule has 0 N–H and O–H groups in total. The first kappa shape index (κ1) is 15.5. The summed E-state index contributed by atoms with van der Waals surface area (Å²) in [6, 6.07) is 10.2. The molecule has 0 spiro atoms. The first-order chi connectivity index (χ1) is 10.1. The molecule has 0 saturated heterocycles. The van der Waals surface area contributed by atoms with Gasteiger partial charge in [0.1, 0.15) is 0 Å². The van der Waals surface area contributed by atoms with Gasteiger partial charge in [0.05, 0.1) is 13.2 Å². The van der Waals surface area contributed by atoms with Crippen LogP contribution < -0.4 is 4.80 Å². The highest BCUT2D eigenvalue weighted by Gasteiger charge is 2.11. The Labute approximate surface area is 128 Å². The van der Waals surface area contributed by atoms with E-state index < -0.39 is 6.09 Å². The van der Waals surface area contributed by atoms with Gasteiger partial charge in [0.15, 0.2) is 4.80 Å². The second kappa shape index (κ2) is 7.22. The predicted octanol–water partition coefficient (Wildman–Crippen LogP) is 3.78. The Morgan fingerprint density at radius 2 is 2.05 bits per heavy atom. The van der Waals surface area contributed by atoms with Gasteiger partial charge in [0, 0.05) is 11.1 Å². The van der Waals surface area contributed by atoms with E-state index in [0.29, 0.717) is 23.9 Å². The van der Waals surface area contributed by atoms with E-state index in [0.717, 1.165) is 0 Å². The molecule has 1 amide bonds. The van der Waals surface area contributed by atoms with Gasteiger partial charge < -0.3 is 9.30 Å². The van der Waals surface area contributed by atoms with Crippen LogP contribution in [0.25, 0.3) is 0 Å². The smallest absolute Gasteiger partial charge is 0.436 e. The maximum atomic E-state index is 11.6. The number of ether oxygens (including phenoxy) is 1. The molecule has 0 radical (unpaired) electrons. The number of rotatable bonds is 4.